The fourth-order valence-corrected chi connectivity index (χ4v) is 2.92. The van der Waals surface area contributed by atoms with Gasteiger partial charge in [0.2, 0.25) is 5.91 Å². The molecule has 0 aliphatic carbocycles. The largest absolute Gasteiger partial charge is 0.481 e. The fraction of sp³-hybridized carbons (Fsp3) is 0.867. The van der Waals surface area contributed by atoms with E-state index in [1.807, 2.05) is 18.7 Å². The molecule has 1 fully saturated rings. The predicted octanol–water partition coefficient (Wildman–Crippen LogP) is 1.58. The van der Waals surface area contributed by atoms with Crippen molar-refractivity contribution < 1.29 is 14.7 Å². The molecule has 1 saturated heterocycles. The second kappa shape index (κ2) is 8.25. The molecule has 0 aromatic rings. The average Bonchev–Trinajstić information content (AvgIpc) is 2.42. The number of aliphatic carboxylic acids is 1. The lowest BCUT2D eigenvalue weighted by Crippen LogP contribution is -2.46. The van der Waals surface area contributed by atoms with Crippen LogP contribution in [0, 0.1) is 17.8 Å². The Morgan fingerprint density at radius 1 is 1.15 bits per heavy atom. The summed E-state index contributed by atoms with van der Waals surface area (Å²) in [7, 11) is 1.73. The van der Waals surface area contributed by atoms with Crippen molar-refractivity contribution in [3.63, 3.8) is 0 Å². The highest BCUT2D eigenvalue weighted by Gasteiger charge is 2.36. The molecular formula is C15H28N2O3. The van der Waals surface area contributed by atoms with Gasteiger partial charge in [0, 0.05) is 19.6 Å². The molecule has 1 heterocycles. The number of carboxylic acid groups (broad SMARTS) is 1. The Kier molecular flexibility index (Phi) is 6.99. The fourth-order valence-electron chi connectivity index (χ4n) is 2.92. The van der Waals surface area contributed by atoms with E-state index >= 15 is 0 Å². The Labute approximate surface area is 121 Å². The zero-order valence-electron chi connectivity index (χ0n) is 12.9. The number of rotatable bonds is 7. The van der Waals surface area contributed by atoms with Gasteiger partial charge in [0.05, 0.1) is 11.8 Å². The summed E-state index contributed by atoms with van der Waals surface area (Å²) in [6.07, 6.45) is 3.86. The summed E-state index contributed by atoms with van der Waals surface area (Å²) in [6.45, 7) is 5.97. The number of carbonyl (C=O) groups is 2. The average molecular weight is 284 g/mol. The molecule has 1 aliphatic rings. The molecule has 0 unspecified atom stereocenters. The highest BCUT2D eigenvalue weighted by molar-refractivity contribution is 5.85. The molecule has 5 nitrogen and oxygen atoms in total. The van der Waals surface area contributed by atoms with E-state index in [1.165, 1.54) is 0 Å². The molecule has 0 spiro atoms. The van der Waals surface area contributed by atoms with Gasteiger partial charge in [0.1, 0.15) is 0 Å². The molecule has 5 heteroatoms. The van der Waals surface area contributed by atoms with Gasteiger partial charge in [0.15, 0.2) is 0 Å². The lowest BCUT2D eigenvalue weighted by Gasteiger charge is -2.33. The standard InChI is InChI=1S/C15H28N2O3/c1-11(2)9-12(13(10-16-3)15(19)20)14(18)17-7-5-4-6-8-17/h11-13,16H,4-10H2,1-3H3,(H,19,20)/t12-,13+/m1/s1. The summed E-state index contributed by atoms with van der Waals surface area (Å²) in [5.41, 5.74) is 0. The van der Waals surface area contributed by atoms with Crippen molar-refractivity contribution in [1.82, 2.24) is 10.2 Å². The van der Waals surface area contributed by atoms with Crippen molar-refractivity contribution in [2.75, 3.05) is 26.7 Å². The number of likely N-dealkylation sites (tertiary alicyclic amines) is 1. The smallest absolute Gasteiger partial charge is 0.308 e. The first kappa shape index (κ1) is 17.0. The van der Waals surface area contributed by atoms with E-state index in [2.05, 4.69) is 5.32 Å². The van der Waals surface area contributed by atoms with Gasteiger partial charge >= 0.3 is 5.97 Å². The third-order valence-electron chi connectivity index (χ3n) is 3.94. The van der Waals surface area contributed by atoms with Crippen molar-refractivity contribution in [3.05, 3.63) is 0 Å². The SMILES string of the molecule is CNC[C@H](C(=O)O)[C@@H](CC(C)C)C(=O)N1CCCCC1. The molecule has 2 N–H and O–H groups in total. The molecule has 0 aromatic carbocycles. The zero-order valence-corrected chi connectivity index (χ0v) is 12.9. The topological polar surface area (TPSA) is 69.6 Å². The van der Waals surface area contributed by atoms with Crippen molar-refractivity contribution in [3.8, 4) is 0 Å². The van der Waals surface area contributed by atoms with Crippen molar-refractivity contribution in [2.24, 2.45) is 17.8 Å². The van der Waals surface area contributed by atoms with Crippen LogP contribution in [0.25, 0.3) is 0 Å². The third kappa shape index (κ3) is 4.78. The Morgan fingerprint density at radius 3 is 2.20 bits per heavy atom. The molecule has 2 atom stereocenters. The van der Waals surface area contributed by atoms with Crippen molar-refractivity contribution >= 4 is 11.9 Å². The number of hydrogen-bond donors (Lipinski definition) is 2. The molecule has 20 heavy (non-hydrogen) atoms. The van der Waals surface area contributed by atoms with Gasteiger partial charge in [0.25, 0.3) is 0 Å². The number of carboxylic acids is 1. The van der Waals surface area contributed by atoms with E-state index in [-0.39, 0.29) is 5.91 Å². The van der Waals surface area contributed by atoms with Gasteiger partial charge < -0.3 is 15.3 Å². The summed E-state index contributed by atoms with van der Waals surface area (Å²) in [5.74, 6) is -1.60. The van der Waals surface area contributed by atoms with Gasteiger partial charge in [-0.1, -0.05) is 13.8 Å². The first-order valence-electron chi connectivity index (χ1n) is 7.63. The van der Waals surface area contributed by atoms with Crippen LogP contribution >= 0.6 is 0 Å². The van der Waals surface area contributed by atoms with Gasteiger partial charge in [-0.15, -0.1) is 0 Å². The Bertz CT molecular complexity index is 325. The van der Waals surface area contributed by atoms with Crippen molar-refractivity contribution in [1.29, 1.82) is 0 Å². The molecule has 116 valence electrons. The minimum Gasteiger partial charge on any atom is -0.481 e. The number of amides is 1. The number of hydrogen-bond acceptors (Lipinski definition) is 3. The first-order valence-corrected chi connectivity index (χ1v) is 7.63. The molecular weight excluding hydrogens is 256 g/mol. The lowest BCUT2D eigenvalue weighted by atomic mass is 9.83. The maximum atomic E-state index is 12.7. The van der Waals surface area contributed by atoms with E-state index in [0.29, 0.717) is 18.9 Å². The van der Waals surface area contributed by atoms with Crippen LogP contribution in [-0.2, 0) is 9.59 Å². The second-order valence-electron chi connectivity index (χ2n) is 6.12. The van der Waals surface area contributed by atoms with E-state index in [9.17, 15) is 14.7 Å². The van der Waals surface area contributed by atoms with E-state index < -0.39 is 17.8 Å². The second-order valence-corrected chi connectivity index (χ2v) is 6.12. The molecule has 0 radical (unpaired) electrons. The van der Waals surface area contributed by atoms with Crippen LogP contribution in [0.2, 0.25) is 0 Å². The van der Waals surface area contributed by atoms with E-state index in [1.54, 1.807) is 7.05 Å². The molecule has 1 amide bonds. The minimum absolute atomic E-state index is 0.0288. The number of nitrogens with zero attached hydrogens (tertiary/aromatic N) is 1. The number of nitrogens with one attached hydrogen (secondary N) is 1. The van der Waals surface area contributed by atoms with Gasteiger partial charge in [-0.3, -0.25) is 9.59 Å². The Hall–Kier alpha value is -1.10. The highest BCUT2D eigenvalue weighted by Crippen LogP contribution is 2.25. The van der Waals surface area contributed by atoms with Crippen LogP contribution in [0.4, 0.5) is 0 Å². The van der Waals surface area contributed by atoms with E-state index in [0.717, 1.165) is 32.4 Å². The lowest BCUT2D eigenvalue weighted by molar-refractivity contribution is -0.151. The minimum atomic E-state index is -0.879. The first-order chi connectivity index (χ1) is 9.47. The summed E-state index contributed by atoms with van der Waals surface area (Å²) >= 11 is 0. The normalized spacial score (nSPS) is 18.9. The molecule has 1 aliphatic heterocycles. The van der Waals surface area contributed by atoms with Crippen LogP contribution in [0.5, 0.6) is 0 Å². The van der Waals surface area contributed by atoms with Gasteiger partial charge in [-0.25, -0.2) is 0 Å². The summed E-state index contributed by atoms with van der Waals surface area (Å²) < 4.78 is 0. The Balaban J connectivity index is 2.84. The Morgan fingerprint density at radius 2 is 1.75 bits per heavy atom. The maximum absolute atomic E-state index is 12.7. The van der Waals surface area contributed by atoms with Gasteiger partial charge in [-0.2, -0.15) is 0 Å². The van der Waals surface area contributed by atoms with Crippen LogP contribution < -0.4 is 5.32 Å². The predicted molar refractivity (Wildman–Crippen MR) is 78.4 cm³/mol. The van der Waals surface area contributed by atoms with Crippen LogP contribution in [0.1, 0.15) is 39.5 Å². The highest BCUT2D eigenvalue weighted by atomic mass is 16.4. The zero-order chi connectivity index (χ0) is 15.1. The summed E-state index contributed by atoms with van der Waals surface area (Å²) in [5, 5.41) is 12.3. The van der Waals surface area contributed by atoms with E-state index in [4.69, 9.17) is 0 Å². The molecule has 0 aromatic heterocycles. The maximum Gasteiger partial charge on any atom is 0.308 e. The van der Waals surface area contributed by atoms with Crippen molar-refractivity contribution in [2.45, 2.75) is 39.5 Å². The van der Waals surface area contributed by atoms with Gasteiger partial charge in [-0.05, 0) is 38.6 Å². The summed E-state index contributed by atoms with van der Waals surface area (Å²) in [4.78, 5) is 26.0. The third-order valence-corrected chi connectivity index (χ3v) is 3.94. The number of carbonyl (C=O) groups excluding carboxylic acids is 1. The molecule has 1 rings (SSSR count). The molecule has 0 saturated carbocycles. The summed E-state index contributed by atoms with van der Waals surface area (Å²) in [6, 6.07) is 0. The monoisotopic (exact) mass is 284 g/mol. The quantitative estimate of drug-likeness (QED) is 0.745. The number of piperidine rings is 1. The van der Waals surface area contributed by atoms with Crippen LogP contribution in [-0.4, -0.2) is 48.6 Å². The van der Waals surface area contributed by atoms with Crippen LogP contribution in [0.3, 0.4) is 0 Å². The van der Waals surface area contributed by atoms with Crippen LogP contribution in [0.15, 0.2) is 0 Å². The molecule has 0 bridgehead atoms.